The summed E-state index contributed by atoms with van der Waals surface area (Å²) in [5.41, 5.74) is 5.60. The highest BCUT2D eigenvalue weighted by Gasteiger charge is 2.30. The number of hydrogen-bond donors (Lipinski definition) is 2. The molecule has 0 fully saturated rings. The zero-order valence-electron chi connectivity index (χ0n) is 14.8. The molecule has 0 saturated carbocycles. The summed E-state index contributed by atoms with van der Waals surface area (Å²) in [6.45, 7) is 0.598. The number of amides is 1. The molecule has 146 valence electrons. The fourth-order valence-corrected chi connectivity index (χ4v) is 2.27. The van der Waals surface area contributed by atoms with Crippen LogP contribution in [0.5, 0.6) is 11.5 Å². The van der Waals surface area contributed by atoms with E-state index in [2.05, 4.69) is 5.32 Å². The number of rotatable bonds is 8. The van der Waals surface area contributed by atoms with E-state index in [9.17, 15) is 18.0 Å². The Morgan fingerprint density at radius 2 is 1.63 bits per heavy atom. The third-order valence-electron chi connectivity index (χ3n) is 3.84. The van der Waals surface area contributed by atoms with Crippen molar-refractivity contribution in [3.05, 3.63) is 59.7 Å². The number of methoxy groups -OCH3 is 1. The number of nitrogens with two attached hydrogens (primary N) is 1. The molecule has 1 amide bonds. The number of alkyl halides is 3. The van der Waals surface area contributed by atoms with Gasteiger partial charge in [-0.2, -0.15) is 13.2 Å². The fraction of sp³-hybridized carbons (Fsp3) is 0.316. The second-order valence-corrected chi connectivity index (χ2v) is 5.84. The molecule has 2 aromatic carbocycles. The molecule has 0 bridgehead atoms. The highest BCUT2D eigenvalue weighted by atomic mass is 19.4. The van der Waals surface area contributed by atoms with Gasteiger partial charge in [-0.1, -0.05) is 12.1 Å². The van der Waals surface area contributed by atoms with E-state index < -0.39 is 11.7 Å². The predicted molar refractivity (Wildman–Crippen MR) is 94.3 cm³/mol. The Bertz CT molecular complexity index is 727. The zero-order chi connectivity index (χ0) is 19.9. The highest BCUT2D eigenvalue weighted by Crippen LogP contribution is 2.31. The number of nitrogens with one attached hydrogen (secondary N) is 1. The second kappa shape index (κ2) is 9.38. The third kappa shape index (κ3) is 6.58. The molecule has 5 nitrogen and oxygen atoms in total. The minimum absolute atomic E-state index is 0.169. The van der Waals surface area contributed by atoms with Crippen molar-refractivity contribution in [2.24, 2.45) is 5.73 Å². The maximum Gasteiger partial charge on any atom is 0.416 e. The van der Waals surface area contributed by atoms with Gasteiger partial charge in [0.05, 0.1) is 18.1 Å². The molecule has 27 heavy (non-hydrogen) atoms. The van der Waals surface area contributed by atoms with Crippen molar-refractivity contribution in [3.8, 4) is 11.5 Å². The van der Waals surface area contributed by atoms with Crippen molar-refractivity contribution < 1.29 is 27.4 Å². The molecule has 0 aliphatic carbocycles. The van der Waals surface area contributed by atoms with Gasteiger partial charge in [-0.05, 0) is 42.0 Å². The summed E-state index contributed by atoms with van der Waals surface area (Å²) in [6, 6.07) is 11.3. The molecule has 1 atom stereocenters. The lowest BCUT2D eigenvalue weighted by atomic mass is 10.2. The monoisotopic (exact) mass is 382 g/mol. The molecule has 0 heterocycles. The summed E-state index contributed by atoms with van der Waals surface area (Å²) in [5.74, 6) is 0.612. The first-order chi connectivity index (χ1) is 12.8. The van der Waals surface area contributed by atoms with Crippen molar-refractivity contribution in [2.45, 2.75) is 25.2 Å². The minimum atomic E-state index is -4.38. The number of ether oxygens (including phenoxy) is 2. The quantitative estimate of drug-likeness (QED) is 0.733. The normalized spacial score (nSPS) is 12.5. The van der Waals surface area contributed by atoms with E-state index in [1.54, 1.807) is 24.3 Å². The maximum atomic E-state index is 12.5. The van der Waals surface area contributed by atoms with Crippen LogP contribution in [0.3, 0.4) is 0 Å². The van der Waals surface area contributed by atoms with E-state index in [1.807, 2.05) is 0 Å². The SMILES string of the molecule is COC(CN)CC(=O)NCc1ccc(Oc2ccc(C(F)(F)F)cc2)cc1. The van der Waals surface area contributed by atoms with Gasteiger partial charge in [0.25, 0.3) is 0 Å². The predicted octanol–water partition coefficient (Wildman–Crippen LogP) is 3.48. The van der Waals surface area contributed by atoms with Crippen LogP contribution < -0.4 is 15.8 Å². The van der Waals surface area contributed by atoms with Gasteiger partial charge < -0.3 is 20.5 Å². The van der Waals surface area contributed by atoms with Crippen LogP contribution >= 0.6 is 0 Å². The zero-order valence-corrected chi connectivity index (χ0v) is 14.8. The summed E-state index contributed by atoms with van der Waals surface area (Å²) < 4.78 is 48.2. The minimum Gasteiger partial charge on any atom is -0.457 e. The Labute approximate surface area is 155 Å². The van der Waals surface area contributed by atoms with Gasteiger partial charge in [-0.15, -0.1) is 0 Å². The van der Waals surface area contributed by atoms with Gasteiger partial charge in [0.2, 0.25) is 5.91 Å². The van der Waals surface area contributed by atoms with Crippen LogP contribution in [0.1, 0.15) is 17.5 Å². The van der Waals surface area contributed by atoms with E-state index >= 15 is 0 Å². The summed E-state index contributed by atoms with van der Waals surface area (Å²) >= 11 is 0. The van der Waals surface area contributed by atoms with E-state index in [4.69, 9.17) is 15.2 Å². The summed E-state index contributed by atoms with van der Waals surface area (Å²) in [4.78, 5) is 11.8. The molecule has 0 spiro atoms. The van der Waals surface area contributed by atoms with Crippen LogP contribution in [0.2, 0.25) is 0 Å². The van der Waals surface area contributed by atoms with Crippen molar-refractivity contribution in [2.75, 3.05) is 13.7 Å². The van der Waals surface area contributed by atoms with Crippen LogP contribution in [-0.4, -0.2) is 25.7 Å². The molecule has 1 unspecified atom stereocenters. The molecule has 0 aromatic heterocycles. The lowest BCUT2D eigenvalue weighted by Crippen LogP contribution is -2.31. The molecule has 0 radical (unpaired) electrons. The first-order valence-corrected chi connectivity index (χ1v) is 8.25. The highest BCUT2D eigenvalue weighted by molar-refractivity contribution is 5.76. The van der Waals surface area contributed by atoms with E-state index in [-0.39, 0.29) is 25.0 Å². The Hall–Kier alpha value is -2.58. The van der Waals surface area contributed by atoms with Gasteiger partial charge >= 0.3 is 6.18 Å². The standard InChI is InChI=1S/C19H21F3N2O3/c1-26-17(11-23)10-18(25)24-12-13-2-6-15(7-3-13)27-16-8-4-14(5-9-16)19(20,21)22/h2-9,17H,10-12,23H2,1H3,(H,24,25). The molecule has 0 aliphatic heterocycles. The largest absolute Gasteiger partial charge is 0.457 e. The van der Waals surface area contributed by atoms with E-state index in [0.29, 0.717) is 18.0 Å². The number of hydrogen-bond acceptors (Lipinski definition) is 4. The van der Waals surface area contributed by atoms with Gasteiger partial charge in [0.15, 0.2) is 0 Å². The number of halogens is 3. The third-order valence-corrected chi connectivity index (χ3v) is 3.84. The molecule has 0 aliphatic rings. The molecular weight excluding hydrogens is 361 g/mol. The fourth-order valence-electron chi connectivity index (χ4n) is 2.27. The molecule has 8 heteroatoms. The van der Waals surface area contributed by atoms with Gasteiger partial charge in [-0.25, -0.2) is 0 Å². The van der Waals surface area contributed by atoms with Crippen LogP contribution in [0.4, 0.5) is 13.2 Å². The average Bonchev–Trinajstić information content (AvgIpc) is 2.65. The lowest BCUT2D eigenvalue weighted by Gasteiger charge is -2.13. The van der Waals surface area contributed by atoms with Crippen LogP contribution in [-0.2, 0) is 22.3 Å². The van der Waals surface area contributed by atoms with Gasteiger partial charge in [0, 0.05) is 20.2 Å². The molecular formula is C19H21F3N2O3. The lowest BCUT2D eigenvalue weighted by molar-refractivity contribution is -0.137. The van der Waals surface area contributed by atoms with Crippen molar-refractivity contribution >= 4 is 5.91 Å². The molecule has 2 rings (SSSR count). The van der Waals surface area contributed by atoms with Gasteiger partial charge in [-0.3, -0.25) is 4.79 Å². The smallest absolute Gasteiger partial charge is 0.416 e. The summed E-state index contributed by atoms with van der Waals surface area (Å²) in [7, 11) is 1.50. The van der Waals surface area contributed by atoms with Crippen LogP contribution in [0.15, 0.2) is 48.5 Å². The summed E-state index contributed by atoms with van der Waals surface area (Å²) in [5, 5.41) is 2.77. The summed E-state index contributed by atoms with van der Waals surface area (Å²) in [6.07, 6.45) is -4.51. The Balaban J connectivity index is 1.87. The van der Waals surface area contributed by atoms with Crippen LogP contribution in [0.25, 0.3) is 0 Å². The Morgan fingerprint density at radius 3 is 2.11 bits per heavy atom. The van der Waals surface area contributed by atoms with Crippen molar-refractivity contribution in [1.29, 1.82) is 0 Å². The second-order valence-electron chi connectivity index (χ2n) is 5.84. The molecule has 2 aromatic rings. The average molecular weight is 382 g/mol. The Kier molecular flexibility index (Phi) is 7.20. The first kappa shape index (κ1) is 20.7. The number of carbonyl (C=O) groups is 1. The maximum absolute atomic E-state index is 12.5. The Morgan fingerprint density at radius 1 is 1.07 bits per heavy atom. The topological polar surface area (TPSA) is 73.6 Å². The number of carbonyl (C=O) groups excluding carboxylic acids is 1. The van der Waals surface area contributed by atoms with Crippen LogP contribution in [0, 0.1) is 0 Å². The first-order valence-electron chi connectivity index (χ1n) is 8.25. The molecule has 0 saturated heterocycles. The van der Waals surface area contributed by atoms with E-state index in [1.165, 1.54) is 19.2 Å². The van der Waals surface area contributed by atoms with Crippen molar-refractivity contribution in [3.63, 3.8) is 0 Å². The molecule has 3 N–H and O–H groups in total. The number of benzene rings is 2. The van der Waals surface area contributed by atoms with E-state index in [0.717, 1.165) is 17.7 Å². The van der Waals surface area contributed by atoms with Gasteiger partial charge in [0.1, 0.15) is 11.5 Å². The van der Waals surface area contributed by atoms with Crippen molar-refractivity contribution in [1.82, 2.24) is 5.32 Å².